The molecule has 1 unspecified atom stereocenters. The van der Waals surface area contributed by atoms with Crippen LogP contribution in [0.1, 0.15) is 26.7 Å². The molecule has 23 heavy (non-hydrogen) atoms. The Balaban J connectivity index is 2.07. The molecule has 4 heteroatoms. The van der Waals surface area contributed by atoms with E-state index in [1.807, 2.05) is 49.4 Å². The lowest BCUT2D eigenvalue weighted by Crippen LogP contribution is -2.41. The molecule has 0 aliphatic rings. The molecule has 0 bridgehead atoms. The van der Waals surface area contributed by atoms with Gasteiger partial charge < -0.3 is 9.64 Å². The molecule has 0 heterocycles. The van der Waals surface area contributed by atoms with Crippen LogP contribution in [-0.4, -0.2) is 30.0 Å². The van der Waals surface area contributed by atoms with Gasteiger partial charge in [-0.15, -0.1) is 0 Å². The van der Waals surface area contributed by atoms with E-state index in [0.717, 1.165) is 17.2 Å². The Morgan fingerprint density at radius 1 is 1.22 bits per heavy atom. The maximum absolute atomic E-state index is 12.5. The van der Waals surface area contributed by atoms with Gasteiger partial charge in [0.05, 0.1) is 12.5 Å². The van der Waals surface area contributed by atoms with Crippen molar-refractivity contribution in [1.29, 1.82) is 5.26 Å². The lowest BCUT2D eigenvalue weighted by molar-refractivity contribution is -0.137. The van der Waals surface area contributed by atoms with Crippen LogP contribution in [0.5, 0.6) is 5.75 Å². The fraction of sp³-hybridized carbons (Fsp3) is 0.368. The standard InChI is InChI=1S/C19H22N2O2/c1-3-12-21(13-6-11-20)19(22)15(2)23-18-10-9-16-7-4-5-8-17(16)14-18/h4-5,7-10,14-15H,3,6,12-13H2,1-2H3. The molecule has 0 aromatic heterocycles. The van der Waals surface area contributed by atoms with Gasteiger partial charge in [-0.2, -0.15) is 5.26 Å². The summed E-state index contributed by atoms with van der Waals surface area (Å²) in [7, 11) is 0. The summed E-state index contributed by atoms with van der Waals surface area (Å²) >= 11 is 0. The van der Waals surface area contributed by atoms with Crippen LogP contribution >= 0.6 is 0 Å². The van der Waals surface area contributed by atoms with Crippen molar-refractivity contribution in [2.75, 3.05) is 13.1 Å². The Morgan fingerprint density at radius 2 is 1.96 bits per heavy atom. The Hall–Kier alpha value is -2.54. The summed E-state index contributed by atoms with van der Waals surface area (Å²) in [5.74, 6) is 0.608. The van der Waals surface area contributed by atoms with Gasteiger partial charge in [0.2, 0.25) is 0 Å². The lowest BCUT2D eigenvalue weighted by atomic mass is 10.1. The van der Waals surface area contributed by atoms with Crippen LogP contribution in [-0.2, 0) is 4.79 Å². The summed E-state index contributed by atoms with van der Waals surface area (Å²) in [4.78, 5) is 14.2. The van der Waals surface area contributed by atoms with E-state index >= 15 is 0 Å². The first-order chi connectivity index (χ1) is 11.2. The van der Waals surface area contributed by atoms with Gasteiger partial charge in [0.1, 0.15) is 5.75 Å². The first-order valence-electron chi connectivity index (χ1n) is 7.97. The quantitative estimate of drug-likeness (QED) is 0.782. The highest BCUT2D eigenvalue weighted by molar-refractivity contribution is 5.84. The molecule has 0 saturated heterocycles. The summed E-state index contributed by atoms with van der Waals surface area (Å²) in [6.45, 7) is 4.87. The van der Waals surface area contributed by atoms with E-state index in [2.05, 4.69) is 6.07 Å². The molecule has 2 rings (SSSR count). The first kappa shape index (κ1) is 16.8. The van der Waals surface area contributed by atoms with Crippen molar-refractivity contribution in [3.05, 3.63) is 42.5 Å². The largest absolute Gasteiger partial charge is 0.481 e. The Labute approximate surface area is 137 Å². The van der Waals surface area contributed by atoms with Crippen LogP contribution in [0.15, 0.2) is 42.5 Å². The van der Waals surface area contributed by atoms with E-state index in [4.69, 9.17) is 10.00 Å². The second-order valence-corrected chi connectivity index (χ2v) is 5.50. The van der Waals surface area contributed by atoms with Gasteiger partial charge in [-0.1, -0.05) is 37.3 Å². The zero-order valence-electron chi connectivity index (χ0n) is 13.7. The molecular weight excluding hydrogens is 288 g/mol. The van der Waals surface area contributed by atoms with Crippen molar-refractivity contribution < 1.29 is 9.53 Å². The van der Waals surface area contributed by atoms with Crippen LogP contribution in [0.25, 0.3) is 10.8 Å². The van der Waals surface area contributed by atoms with Crippen LogP contribution in [0.3, 0.4) is 0 Å². The minimum atomic E-state index is -0.568. The molecule has 0 spiro atoms. The fourth-order valence-electron chi connectivity index (χ4n) is 2.54. The van der Waals surface area contributed by atoms with Gasteiger partial charge in [-0.05, 0) is 36.2 Å². The number of hydrogen-bond donors (Lipinski definition) is 0. The Bertz CT molecular complexity index is 706. The van der Waals surface area contributed by atoms with Crippen molar-refractivity contribution in [3.63, 3.8) is 0 Å². The van der Waals surface area contributed by atoms with Crippen LogP contribution in [0, 0.1) is 11.3 Å². The summed E-state index contributed by atoms with van der Waals surface area (Å²) in [6, 6.07) is 15.9. The average Bonchev–Trinajstić information content (AvgIpc) is 2.57. The summed E-state index contributed by atoms with van der Waals surface area (Å²) in [5.41, 5.74) is 0. The summed E-state index contributed by atoms with van der Waals surface area (Å²) < 4.78 is 5.82. The smallest absolute Gasteiger partial charge is 0.263 e. The first-order valence-corrected chi connectivity index (χ1v) is 7.97. The minimum Gasteiger partial charge on any atom is -0.481 e. The summed E-state index contributed by atoms with van der Waals surface area (Å²) in [6.07, 6.45) is 0.635. The van der Waals surface area contributed by atoms with Gasteiger partial charge in [-0.25, -0.2) is 0 Å². The highest BCUT2D eigenvalue weighted by Crippen LogP contribution is 2.21. The van der Waals surface area contributed by atoms with Gasteiger partial charge in [0.15, 0.2) is 6.10 Å². The van der Waals surface area contributed by atoms with Crippen molar-refractivity contribution in [2.24, 2.45) is 0 Å². The third kappa shape index (κ3) is 4.46. The van der Waals surface area contributed by atoms with Crippen molar-refractivity contribution in [1.82, 2.24) is 4.90 Å². The SMILES string of the molecule is CCCN(CCC#N)C(=O)C(C)Oc1ccc2ccccc2c1. The fourth-order valence-corrected chi connectivity index (χ4v) is 2.54. The Morgan fingerprint density at radius 3 is 2.65 bits per heavy atom. The number of nitrogens with zero attached hydrogens (tertiary/aromatic N) is 2. The van der Waals surface area contributed by atoms with Crippen LogP contribution in [0.4, 0.5) is 0 Å². The highest BCUT2D eigenvalue weighted by atomic mass is 16.5. The van der Waals surface area contributed by atoms with E-state index in [-0.39, 0.29) is 5.91 Å². The minimum absolute atomic E-state index is 0.0738. The predicted octanol–water partition coefficient (Wildman–Crippen LogP) is 3.76. The van der Waals surface area contributed by atoms with Crippen LogP contribution in [0.2, 0.25) is 0 Å². The maximum atomic E-state index is 12.5. The number of benzene rings is 2. The van der Waals surface area contributed by atoms with Gasteiger partial charge >= 0.3 is 0 Å². The average molecular weight is 310 g/mol. The number of fused-ring (bicyclic) bond motifs is 1. The number of hydrogen-bond acceptors (Lipinski definition) is 3. The number of nitriles is 1. The molecule has 1 amide bonds. The molecule has 0 fully saturated rings. The van der Waals surface area contributed by atoms with Gasteiger partial charge in [0, 0.05) is 13.1 Å². The molecule has 1 atom stereocenters. The van der Waals surface area contributed by atoms with Crippen molar-refractivity contribution in [3.8, 4) is 11.8 Å². The number of carbonyl (C=O) groups excluding carboxylic acids is 1. The molecule has 0 aliphatic carbocycles. The second-order valence-electron chi connectivity index (χ2n) is 5.50. The normalized spacial score (nSPS) is 11.7. The molecule has 0 aliphatic heterocycles. The third-order valence-corrected chi connectivity index (χ3v) is 3.68. The van der Waals surface area contributed by atoms with Crippen molar-refractivity contribution >= 4 is 16.7 Å². The van der Waals surface area contributed by atoms with E-state index < -0.39 is 6.10 Å². The molecule has 0 saturated carbocycles. The van der Waals surface area contributed by atoms with Crippen LogP contribution < -0.4 is 4.74 Å². The topological polar surface area (TPSA) is 53.3 Å². The lowest BCUT2D eigenvalue weighted by Gasteiger charge is -2.25. The number of ether oxygens (including phenoxy) is 1. The third-order valence-electron chi connectivity index (χ3n) is 3.68. The number of carbonyl (C=O) groups is 1. The molecule has 0 radical (unpaired) electrons. The molecule has 2 aromatic carbocycles. The van der Waals surface area contributed by atoms with Gasteiger partial charge in [0.25, 0.3) is 5.91 Å². The van der Waals surface area contributed by atoms with E-state index in [1.165, 1.54) is 0 Å². The number of amides is 1. The van der Waals surface area contributed by atoms with E-state index in [1.54, 1.807) is 11.8 Å². The molecule has 120 valence electrons. The molecule has 0 N–H and O–H groups in total. The highest BCUT2D eigenvalue weighted by Gasteiger charge is 2.21. The monoisotopic (exact) mass is 310 g/mol. The zero-order valence-corrected chi connectivity index (χ0v) is 13.7. The second kappa shape index (κ2) is 8.19. The van der Waals surface area contributed by atoms with Gasteiger partial charge in [-0.3, -0.25) is 4.79 Å². The van der Waals surface area contributed by atoms with E-state index in [0.29, 0.717) is 25.3 Å². The number of rotatable bonds is 7. The molecular formula is C19H22N2O2. The predicted molar refractivity (Wildman–Crippen MR) is 91.1 cm³/mol. The zero-order chi connectivity index (χ0) is 16.7. The summed E-state index contributed by atoms with van der Waals surface area (Å²) in [5, 5.41) is 10.9. The maximum Gasteiger partial charge on any atom is 0.263 e. The molecule has 4 nitrogen and oxygen atoms in total. The van der Waals surface area contributed by atoms with E-state index in [9.17, 15) is 4.79 Å². The Kier molecular flexibility index (Phi) is 5.99. The molecule has 2 aromatic rings. The van der Waals surface area contributed by atoms with Crippen molar-refractivity contribution in [2.45, 2.75) is 32.8 Å².